The van der Waals surface area contributed by atoms with Crippen LogP contribution in [0.3, 0.4) is 0 Å². The molecular weight excluding hydrogens is 396 g/mol. The van der Waals surface area contributed by atoms with Gasteiger partial charge < -0.3 is 4.90 Å². The van der Waals surface area contributed by atoms with Gasteiger partial charge in [0.25, 0.3) is 5.91 Å². The van der Waals surface area contributed by atoms with Gasteiger partial charge >= 0.3 is 0 Å². The lowest BCUT2D eigenvalue weighted by molar-refractivity contribution is -0.124. The Balaban J connectivity index is 1.47. The number of amides is 2. The molecule has 30 heavy (non-hydrogen) atoms. The number of anilines is 1. The number of aliphatic imine (C=N–C) groups is 2. The van der Waals surface area contributed by atoms with E-state index in [2.05, 4.69) is 11.1 Å². The highest BCUT2D eigenvalue weighted by molar-refractivity contribution is 8.15. The average molecular weight is 419 g/mol. The molecular formula is C23H22N4O2S. The van der Waals surface area contributed by atoms with Gasteiger partial charge in [0.15, 0.2) is 5.17 Å². The van der Waals surface area contributed by atoms with E-state index >= 15 is 0 Å². The highest BCUT2D eigenvalue weighted by Gasteiger charge is 2.41. The standard InChI is InChI=1S/C23H22N4O2S/c1-3-19(22(29)26-13-12-15-8-4-7-11-18(15)26)30-23-25-17-10-6-5-9-16(17)20-24-14(2)21(28)27(20)23/h4-11,14,19H,3,12-13H2,1-2H3/t14-,19+/m0/s1. The second-order valence-electron chi connectivity index (χ2n) is 7.60. The van der Waals surface area contributed by atoms with Crippen LogP contribution in [0.4, 0.5) is 11.4 Å². The fraction of sp³-hybridized carbons (Fsp3) is 0.304. The number of fused-ring (bicyclic) bond motifs is 4. The SMILES string of the molecule is CC[C@@H](SC1=Nc2ccccc2C2=N[C@@H](C)C(=O)N12)C(=O)N1CCc2ccccc21. The molecule has 2 amide bonds. The van der Waals surface area contributed by atoms with Gasteiger partial charge in [-0.05, 0) is 43.5 Å². The summed E-state index contributed by atoms with van der Waals surface area (Å²) in [5, 5.41) is 0.208. The van der Waals surface area contributed by atoms with Gasteiger partial charge in [-0.15, -0.1) is 0 Å². The summed E-state index contributed by atoms with van der Waals surface area (Å²) in [6.45, 7) is 4.48. The summed E-state index contributed by atoms with van der Waals surface area (Å²) in [6.07, 6.45) is 1.52. The highest BCUT2D eigenvalue weighted by atomic mass is 32.2. The minimum atomic E-state index is -0.446. The molecule has 5 rings (SSSR count). The molecule has 0 N–H and O–H groups in total. The van der Waals surface area contributed by atoms with Crippen LogP contribution in [0.15, 0.2) is 58.5 Å². The van der Waals surface area contributed by atoms with Gasteiger partial charge in [-0.1, -0.05) is 49.0 Å². The Morgan fingerprint density at radius 3 is 2.80 bits per heavy atom. The third-order valence-corrected chi connectivity index (χ3v) is 7.01. The van der Waals surface area contributed by atoms with Crippen LogP contribution in [-0.4, -0.2) is 45.6 Å². The summed E-state index contributed by atoms with van der Waals surface area (Å²) >= 11 is 1.36. The van der Waals surface area contributed by atoms with Gasteiger partial charge in [-0.2, -0.15) is 0 Å². The average Bonchev–Trinajstić information content (AvgIpc) is 3.33. The predicted molar refractivity (Wildman–Crippen MR) is 121 cm³/mol. The number of carbonyl (C=O) groups is 2. The van der Waals surface area contributed by atoms with Crippen molar-refractivity contribution in [3.05, 3.63) is 59.7 Å². The first-order valence-corrected chi connectivity index (χ1v) is 11.1. The quantitative estimate of drug-likeness (QED) is 0.762. The molecule has 0 aromatic heterocycles. The maximum atomic E-state index is 13.4. The van der Waals surface area contributed by atoms with Crippen LogP contribution in [0.1, 0.15) is 31.4 Å². The van der Waals surface area contributed by atoms with Gasteiger partial charge in [0.2, 0.25) is 5.91 Å². The van der Waals surface area contributed by atoms with Gasteiger partial charge in [0.1, 0.15) is 11.9 Å². The molecule has 0 unspecified atom stereocenters. The van der Waals surface area contributed by atoms with E-state index in [1.54, 1.807) is 11.8 Å². The number of nitrogens with zero attached hydrogens (tertiary/aromatic N) is 4. The van der Waals surface area contributed by atoms with Gasteiger partial charge in [0.05, 0.1) is 10.9 Å². The maximum absolute atomic E-state index is 13.4. The molecule has 0 fully saturated rings. The molecule has 3 aliphatic rings. The Kier molecular flexibility index (Phi) is 4.70. The minimum absolute atomic E-state index is 0.0622. The predicted octanol–water partition coefficient (Wildman–Crippen LogP) is 3.77. The second kappa shape index (κ2) is 7.40. The molecule has 6 nitrogen and oxygen atoms in total. The normalized spacial score (nSPS) is 20.3. The first kappa shape index (κ1) is 19.1. The molecule has 3 aliphatic heterocycles. The van der Waals surface area contributed by atoms with Crippen LogP contribution < -0.4 is 4.90 Å². The van der Waals surface area contributed by atoms with Crippen molar-refractivity contribution < 1.29 is 9.59 Å². The fourth-order valence-corrected chi connectivity index (χ4v) is 5.21. The largest absolute Gasteiger partial charge is 0.311 e. The molecule has 0 saturated carbocycles. The number of hydrogen-bond donors (Lipinski definition) is 0. The van der Waals surface area contributed by atoms with Crippen molar-refractivity contribution in [3.8, 4) is 0 Å². The molecule has 0 saturated heterocycles. The van der Waals surface area contributed by atoms with Crippen LogP contribution >= 0.6 is 11.8 Å². The number of benzene rings is 2. The molecule has 2 atom stereocenters. The van der Waals surface area contributed by atoms with E-state index in [1.807, 2.05) is 54.3 Å². The number of amidine groups is 2. The zero-order valence-electron chi connectivity index (χ0n) is 16.9. The Hall–Kier alpha value is -2.93. The third kappa shape index (κ3) is 2.96. The zero-order valence-corrected chi connectivity index (χ0v) is 17.7. The number of rotatable bonds is 3. The molecule has 2 aromatic carbocycles. The van der Waals surface area contributed by atoms with E-state index in [0.29, 0.717) is 24.0 Å². The first-order chi connectivity index (χ1) is 14.6. The fourth-order valence-electron chi connectivity index (χ4n) is 4.13. The lowest BCUT2D eigenvalue weighted by Crippen LogP contribution is -2.43. The van der Waals surface area contributed by atoms with Crippen molar-refractivity contribution in [3.63, 3.8) is 0 Å². The van der Waals surface area contributed by atoms with Crippen molar-refractivity contribution in [2.75, 3.05) is 11.4 Å². The molecule has 0 radical (unpaired) electrons. The summed E-state index contributed by atoms with van der Waals surface area (Å²) < 4.78 is 0. The van der Waals surface area contributed by atoms with E-state index in [1.165, 1.54) is 17.3 Å². The Morgan fingerprint density at radius 1 is 1.20 bits per heavy atom. The van der Waals surface area contributed by atoms with Crippen LogP contribution in [0.25, 0.3) is 0 Å². The smallest absolute Gasteiger partial charge is 0.258 e. The first-order valence-electron chi connectivity index (χ1n) is 10.2. The maximum Gasteiger partial charge on any atom is 0.258 e. The molecule has 0 aliphatic carbocycles. The van der Waals surface area contributed by atoms with Crippen molar-refractivity contribution >= 4 is 46.0 Å². The summed E-state index contributed by atoms with van der Waals surface area (Å²) in [6, 6.07) is 15.3. The Morgan fingerprint density at radius 2 is 1.97 bits per heavy atom. The third-order valence-electron chi connectivity index (χ3n) is 5.70. The van der Waals surface area contributed by atoms with Gasteiger partial charge in [0, 0.05) is 17.8 Å². The van der Waals surface area contributed by atoms with E-state index in [0.717, 1.165) is 23.4 Å². The summed E-state index contributed by atoms with van der Waals surface area (Å²) in [4.78, 5) is 39.0. The molecule has 3 heterocycles. The van der Waals surface area contributed by atoms with Crippen molar-refractivity contribution in [2.24, 2.45) is 9.98 Å². The second-order valence-corrected chi connectivity index (χ2v) is 8.77. The monoisotopic (exact) mass is 418 g/mol. The van der Waals surface area contributed by atoms with E-state index < -0.39 is 6.04 Å². The molecule has 0 spiro atoms. The summed E-state index contributed by atoms with van der Waals surface area (Å²) in [5.74, 6) is 0.598. The lowest BCUT2D eigenvalue weighted by atomic mass is 10.1. The summed E-state index contributed by atoms with van der Waals surface area (Å²) in [7, 11) is 0. The highest BCUT2D eigenvalue weighted by Crippen LogP contribution is 2.36. The molecule has 152 valence electrons. The van der Waals surface area contributed by atoms with Crippen molar-refractivity contribution in [2.45, 2.75) is 38.0 Å². The Labute approximate surface area is 179 Å². The Bertz CT molecular complexity index is 1110. The van der Waals surface area contributed by atoms with Gasteiger partial charge in [-0.3, -0.25) is 14.6 Å². The van der Waals surface area contributed by atoms with Crippen LogP contribution in [0.5, 0.6) is 0 Å². The minimum Gasteiger partial charge on any atom is -0.311 e. The van der Waals surface area contributed by atoms with Crippen LogP contribution in [0, 0.1) is 0 Å². The number of hydrogen-bond acceptors (Lipinski definition) is 5. The van der Waals surface area contributed by atoms with Crippen LogP contribution in [0.2, 0.25) is 0 Å². The van der Waals surface area contributed by atoms with Crippen LogP contribution in [-0.2, 0) is 16.0 Å². The van der Waals surface area contributed by atoms with E-state index in [4.69, 9.17) is 4.99 Å². The van der Waals surface area contributed by atoms with E-state index in [9.17, 15) is 9.59 Å². The molecule has 0 bridgehead atoms. The van der Waals surface area contributed by atoms with Crippen molar-refractivity contribution in [1.82, 2.24) is 4.90 Å². The molecule has 7 heteroatoms. The summed E-state index contributed by atoms with van der Waals surface area (Å²) in [5.41, 5.74) is 3.83. The number of para-hydroxylation sites is 2. The zero-order chi connectivity index (χ0) is 20.8. The van der Waals surface area contributed by atoms with Crippen molar-refractivity contribution in [1.29, 1.82) is 0 Å². The number of thioether (sulfide) groups is 1. The van der Waals surface area contributed by atoms with E-state index in [-0.39, 0.29) is 17.1 Å². The van der Waals surface area contributed by atoms with Gasteiger partial charge in [-0.25, -0.2) is 9.89 Å². The lowest BCUT2D eigenvalue weighted by Gasteiger charge is -2.29. The molecule has 2 aromatic rings. The topological polar surface area (TPSA) is 65.3 Å². The number of carbonyl (C=O) groups excluding carboxylic acids is 2.